The number of halogens is 4. The van der Waals surface area contributed by atoms with Crippen LogP contribution in [0.1, 0.15) is 62.5 Å². The maximum Gasteiger partial charge on any atom is 0.282 e. The van der Waals surface area contributed by atoms with Crippen LogP contribution in [-0.4, -0.2) is 64.5 Å². The molecule has 0 radical (unpaired) electrons. The van der Waals surface area contributed by atoms with Crippen molar-refractivity contribution in [2.75, 3.05) is 36.0 Å². The Morgan fingerprint density at radius 1 is 0.500 bits per heavy atom. The number of benzene rings is 4. The minimum Gasteiger partial charge on any atom is -0.341 e. The highest BCUT2D eigenvalue weighted by Crippen LogP contribution is 2.27. The highest BCUT2D eigenvalue weighted by molar-refractivity contribution is 9.10. The van der Waals surface area contributed by atoms with Gasteiger partial charge >= 0.3 is 0 Å². The van der Waals surface area contributed by atoms with Gasteiger partial charge in [-0.05, 0) is 97.5 Å². The quantitative estimate of drug-likeness (QED) is 0.162. The Morgan fingerprint density at radius 3 is 1.30 bits per heavy atom. The molecule has 2 aliphatic heterocycles. The summed E-state index contributed by atoms with van der Waals surface area (Å²) >= 11 is 21.8. The van der Waals surface area contributed by atoms with E-state index in [1.807, 2.05) is 80.2 Å². The lowest BCUT2D eigenvalue weighted by Crippen LogP contribution is -2.26. The molecule has 0 bridgehead atoms. The van der Waals surface area contributed by atoms with Crippen LogP contribution in [0.25, 0.3) is 33.4 Å². The molecule has 2 aliphatic rings. The maximum absolute atomic E-state index is 12.8. The summed E-state index contributed by atoms with van der Waals surface area (Å²) in [4.78, 5) is 39.0. The third kappa shape index (κ3) is 8.37. The van der Waals surface area contributed by atoms with Crippen LogP contribution in [0.4, 0.5) is 11.9 Å². The van der Waals surface area contributed by atoms with Crippen LogP contribution in [0.5, 0.6) is 0 Å². The highest BCUT2D eigenvalue weighted by Gasteiger charge is 2.24. The standard InChI is InChI=1S/C22H21BrClN5O.C22H21Cl2N5O/c2*23-16-7-5-15(6-8-16)14-28-21-25-20(30)18-13-17(24)9-10-19(18)29(21)22(26-28)27-11-3-1-2-4-12-27/h2*5-10,13H,1-4,11-12,14H2. The molecular formula is C44H42BrCl3N10O2. The molecule has 0 atom stereocenters. The largest absolute Gasteiger partial charge is 0.341 e. The van der Waals surface area contributed by atoms with Crippen LogP contribution in [0.2, 0.25) is 15.1 Å². The molecule has 0 aliphatic carbocycles. The smallest absolute Gasteiger partial charge is 0.282 e. The molecule has 0 N–H and O–H groups in total. The van der Waals surface area contributed by atoms with Gasteiger partial charge in [0.05, 0.1) is 34.9 Å². The van der Waals surface area contributed by atoms with E-state index in [-0.39, 0.29) is 11.1 Å². The van der Waals surface area contributed by atoms with Crippen molar-refractivity contribution >= 4 is 96.0 Å². The van der Waals surface area contributed by atoms with Crippen LogP contribution in [0.3, 0.4) is 0 Å². The van der Waals surface area contributed by atoms with Gasteiger partial charge in [-0.2, -0.15) is 9.97 Å². The van der Waals surface area contributed by atoms with Crippen molar-refractivity contribution in [1.29, 1.82) is 0 Å². The maximum atomic E-state index is 12.8. The Labute approximate surface area is 369 Å². The summed E-state index contributed by atoms with van der Waals surface area (Å²) < 4.78 is 8.67. The van der Waals surface area contributed by atoms with E-state index >= 15 is 0 Å². The zero-order valence-electron chi connectivity index (χ0n) is 32.8. The monoisotopic (exact) mass is 926 g/mol. The number of nitrogens with zero attached hydrogens (tertiary/aromatic N) is 10. The van der Waals surface area contributed by atoms with Gasteiger partial charge in [-0.25, -0.2) is 18.2 Å². The van der Waals surface area contributed by atoms with E-state index in [4.69, 9.17) is 45.0 Å². The molecule has 4 aromatic heterocycles. The van der Waals surface area contributed by atoms with Gasteiger partial charge in [0.2, 0.25) is 23.5 Å². The van der Waals surface area contributed by atoms with Gasteiger partial charge in [0, 0.05) is 45.7 Å². The number of anilines is 2. The summed E-state index contributed by atoms with van der Waals surface area (Å²) in [7, 11) is 0. The van der Waals surface area contributed by atoms with Gasteiger partial charge in [0.25, 0.3) is 11.1 Å². The van der Waals surface area contributed by atoms with E-state index in [1.165, 1.54) is 25.7 Å². The Morgan fingerprint density at radius 2 is 0.883 bits per heavy atom. The average Bonchev–Trinajstić information content (AvgIpc) is 3.48. The van der Waals surface area contributed by atoms with Crippen LogP contribution in [0, 0.1) is 0 Å². The van der Waals surface area contributed by atoms with E-state index in [0.29, 0.717) is 50.5 Å². The molecule has 0 amide bonds. The molecule has 60 heavy (non-hydrogen) atoms. The first-order valence-electron chi connectivity index (χ1n) is 20.4. The molecule has 8 aromatic rings. The lowest BCUT2D eigenvalue weighted by molar-refractivity contribution is 0.685. The van der Waals surface area contributed by atoms with Crippen molar-refractivity contribution < 1.29 is 0 Å². The van der Waals surface area contributed by atoms with Gasteiger partial charge < -0.3 is 9.80 Å². The van der Waals surface area contributed by atoms with E-state index in [1.54, 1.807) is 22.9 Å². The summed E-state index contributed by atoms with van der Waals surface area (Å²) in [6.07, 6.45) is 9.45. The van der Waals surface area contributed by atoms with E-state index in [2.05, 4.69) is 35.7 Å². The molecule has 10 rings (SSSR count). The summed E-state index contributed by atoms with van der Waals surface area (Å²) in [5, 5.41) is 12.6. The van der Waals surface area contributed by atoms with Gasteiger partial charge in [-0.3, -0.25) is 9.59 Å². The lowest BCUT2D eigenvalue weighted by atomic mass is 10.2. The molecule has 2 saturated heterocycles. The van der Waals surface area contributed by atoms with Crippen molar-refractivity contribution in [3.63, 3.8) is 0 Å². The number of hydrogen-bond acceptors (Lipinski definition) is 8. The molecule has 0 unspecified atom stereocenters. The van der Waals surface area contributed by atoms with Crippen molar-refractivity contribution in [2.24, 2.45) is 0 Å². The van der Waals surface area contributed by atoms with Gasteiger partial charge in [-0.15, -0.1) is 10.2 Å². The minimum atomic E-state index is -0.299. The molecule has 0 saturated carbocycles. The fraction of sp³-hybridized carbons (Fsp3) is 0.318. The predicted octanol–water partition coefficient (Wildman–Crippen LogP) is 9.67. The number of hydrogen-bond donors (Lipinski definition) is 0. The van der Waals surface area contributed by atoms with Gasteiger partial charge in [0.1, 0.15) is 0 Å². The second-order valence-corrected chi connectivity index (χ2v) is 17.6. The van der Waals surface area contributed by atoms with Crippen LogP contribution < -0.4 is 20.9 Å². The molecular weight excluding hydrogens is 887 g/mol. The average molecular weight is 929 g/mol. The van der Waals surface area contributed by atoms with Crippen molar-refractivity contribution in [2.45, 2.75) is 64.5 Å². The van der Waals surface area contributed by atoms with Gasteiger partial charge in [-0.1, -0.05) is 101 Å². The normalized spacial score (nSPS) is 15.1. The molecule has 12 nitrogen and oxygen atoms in total. The second kappa shape index (κ2) is 17.6. The first-order chi connectivity index (χ1) is 29.2. The van der Waals surface area contributed by atoms with Crippen molar-refractivity contribution in [3.05, 3.63) is 136 Å². The third-order valence-corrected chi connectivity index (χ3v) is 12.5. The van der Waals surface area contributed by atoms with Crippen LogP contribution in [0.15, 0.2) is 99.0 Å². The zero-order valence-corrected chi connectivity index (χ0v) is 36.6. The second-order valence-electron chi connectivity index (χ2n) is 15.4. The SMILES string of the molecule is O=c1nc2n(Cc3ccc(Br)cc3)nc(N3CCCCCC3)n2c2ccc(Cl)cc12.O=c1nc2n(Cc3ccc(Cl)cc3)nc(N3CCCCCC3)n2c2ccc(Cl)cc12. The summed E-state index contributed by atoms with van der Waals surface area (Å²) in [5.74, 6) is 2.74. The Kier molecular flexibility index (Phi) is 11.8. The molecule has 6 heterocycles. The Bertz CT molecular complexity index is 2750. The number of rotatable bonds is 6. The summed E-state index contributed by atoms with van der Waals surface area (Å²) in [6, 6.07) is 26.5. The van der Waals surface area contributed by atoms with Crippen molar-refractivity contribution in [3.8, 4) is 0 Å². The Balaban J connectivity index is 0.000000154. The highest BCUT2D eigenvalue weighted by atomic mass is 79.9. The fourth-order valence-electron chi connectivity index (χ4n) is 8.19. The topological polar surface area (TPSA) is 111 Å². The molecule has 4 aromatic carbocycles. The fourth-order valence-corrected chi connectivity index (χ4v) is 8.93. The van der Waals surface area contributed by atoms with E-state index in [9.17, 15) is 9.59 Å². The molecule has 2 fully saturated rings. The van der Waals surface area contributed by atoms with Crippen molar-refractivity contribution in [1.82, 2.24) is 38.3 Å². The summed E-state index contributed by atoms with van der Waals surface area (Å²) in [6.45, 7) is 4.82. The first kappa shape index (κ1) is 40.5. The number of aromatic nitrogens is 8. The van der Waals surface area contributed by atoms with Crippen LogP contribution in [-0.2, 0) is 13.1 Å². The summed E-state index contributed by atoms with van der Waals surface area (Å²) in [5.41, 5.74) is 3.11. The van der Waals surface area contributed by atoms with Gasteiger partial charge in [0.15, 0.2) is 0 Å². The molecule has 0 spiro atoms. The van der Waals surface area contributed by atoms with Crippen LogP contribution >= 0.6 is 50.7 Å². The minimum absolute atomic E-state index is 0.285. The van der Waals surface area contributed by atoms with E-state index in [0.717, 1.165) is 90.4 Å². The Hall–Kier alpha value is -4.95. The third-order valence-electron chi connectivity index (χ3n) is 11.2. The lowest BCUT2D eigenvalue weighted by Gasteiger charge is -2.20. The number of fused-ring (bicyclic) bond motifs is 6. The first-order valence-corrected chi connectivity index (χ1v) is 22.3. The molecule has 308 valence electrons. The van der Waals surface area contributed by atoms with E-state index < -0.39 is 0 Å². The predicted molar refractivity (Wildman–Crippen MR) is 245 cm³/mol. The molecule has 16 heteroatoms. The zero-order chi connectivity index (χ0) is 41.3.